The van der Waals surface area contributed by atoms with Crippen molar-refractivity contribution in [3.05, 3.63) is 66.4 Å². The first-order chi connectivity index (χ1) is 10.6. The lowest BCUT2D eigenvalue weighted by Gasteiger charge is -2.11. The molecule has 0 unspecified atom stereocenters. The molecule has 2 aromatic carbocycles. The van der Waals surface area contributed by atoms with E-state index >= 15 is 0 Å². The smallest absolute Gasteiger partial charge is 0.253 e. The van der Waals surface area contributed by atoms with Gasteiger partial charge in [0.05, 0.1) is 5.69 Å². The van der Waals surface area contributed by atoms with Gasteiger partial charge in [-0.25, -0.2) is 0 Å². The third-order valence-corrected chi connectivity index (χ3v) is 3.52. The fourth-order valence-corrected chi connectivity index (χ4v) is 2.37. The van der Waals surface area contributed by atoms with Crippen molar-refractivity contribution in [2.24, 2.45) is 0 Å². The fourth-order valence-electron chi connectivity index (χ4n) is 2.37. The molecule has 0 aliphatic rings. The molecule has 0 fully saturated rings. The van der Waals surface area contributed by atoms with Crippen LogP contribution in [0, 0.1) is 0 Å². The first-order valence-corrected chi connectivity index (χ1v) is 7.07. The number of H-pyrrole nitrogens is 1. The van der Waals surface area contributed by atoms with E-state index in [9.17, 15) is 4.79 Å². The summed E-state index contributed by atoms with van der Waals surface area (Å²) in [5, 5.41) is 6.95. The maximum Gasteiger partial charge on any atom is 0.253 e. The predicted molar refractivity (Wildman–Crippen MR) is 87.5 cm³/mol. The van der Waals surface area contributed by atoms with E-state index in [0.717, 1.165) is 22.4 Å². The molecule has 0 bridgehead atoms. The van der Waals surface area contributed by atoms with Crippen LogP contribution in [0.5, 0.6) is 0 Å². The van der Waals surface area contributed by atoms with Crippen molar-refractivity contribution in [3.63, 3.8) is 0 Å². The van der Waals surface area contributed by atoms with Crippen LogP contribution in [0.25, 0.3) is 22.4 Å². The molecule has 1 aromatic heterocycles. The number of nitrogens with one attached hydrogen (secondary N) is 1. The van der Waals surface area contributed by atoms with E-state index in [1.54, 1.807) is 25.2 Å². The van der Waals surface area contributed by atoms with E-state index in [2.05, 4.69) is 16.3 Å². The maximum atomic E-state index is 12.1. The largest absolute Gasteiger partial charge is 0.345 e. The minimum atomic E-state index is 0.00609. The molecule has 1 amide bonds. The molecule has 110 valence electrons. The van der Waals surface area contributed by atoms with Crippen molar-refractivity contribution < 1.29 is 4.79 Å². The average molecular weight is 291 g/mol. The van der Waals surface area contributed by atoms with Gasteiger partial charge >= 0.3 is 0 Å². The molecule has 0 atom stereocenters. The molecular weight excluding hydrogens is 274 g/mol. The van der Waals surface area contributed by atoms with E-state index in [-0.39, 0.29) is 5.91 Å². The Morgan fingerprint density at radius 3 is 2.32 bits per heavy atom. The third kappa shape index (κ3) is 2.76. The number of aromatic nitrogens is 2. The van der Waals surface area contributed by atoms with E-state index in [0.29, 0.717) is 5.56 Å². The van der Waals surface area contributed by atoms with Crippen LogP contribution in [0.4, 0.5) is 0 Å². The molecule has 0 saturated carbocycles. The standard InChI is InChI=1S/C18H17N3O/c1-21(2)18(22)16-8-4-6-14(12-16)13-5-3-7-15(11-13)17-9-10-19-20-17/h3-12H,1-2H3,(H,19,20). The summed E-state index contributed by atoms with van der Waals surface area (Å²) in [6.07, 6.45) is 1.73. The van der Waals surface area contributed by atoms with Crippen LogP contribution >= 0.6 is 0 Å². The Hall–Kier alpha value is -2.88. The zero-order chi connectivity index (χ0) is 15.5. The Bertz CT molecular complexity index is 792. The number of carbonyl (C=O) groups is 1. The fraction of sp³-hybridized carbons (Fsp3) is 0.111. The summed E-state index contributed by atoms with van der Waals surface area (Å²) in [6.45, 7) is 0. The highest BCUT2D eigenvalue weighted by Crippen LogP contribution is 2.26. The number of amides is 1. The normalized spacial score (nSPS) is 10.5. The first kappa shape index (κ1) is 14.1. The Kier molecular flexibility index (Phi) is 3.74. The van der Waals surface area contributed by atoms with Crippen molar-refractivity contribution >= 4 is 5.91 Å². The van der Waals surface area contributed by atoms with E-state index < -0.39 is 0 Å². The van der Waals surface area contributed by atoms with Crippen molar-refractivity contribution in [2.45, 2.75) is 0 Å². The summed E-state index contributed by atoms with van der Waals surface area (Å²) in [5.74, 6) is 0.00609. The van der Waals surface area contributed by atoms with E-state index in [4.69, 9.17) is 0 Å². The highest BCUT2D eigenvalue weighted by molar-refractivity contribution is 5.95. The molecule has 0 radical (unpaired) electrons. The van der Waals surface area contributed by atoms with Crippen LogP contribution < -0.4 is 0 Å². The molecule has 4 nitrogen and oxygen atoms in total. The Balaban J connectivity index is 2.00. The topological polar surface area (TPSA) is 49.0 Å². The first-order valence-electron chi connectivity index (χ1n) is 7.07. The quantitative estimate of drug-likeness (QED) is 0.803. The predicted octanol–water partition coefficient (Wildman–Crippen LogP) is 3.45. The molecule has 3 rings (SSSR count). The van der Waals surface area contributed by atoms with Gasteiger partial charge in [-0.1, -0.05) is 30.3 Å². The number of hydrogen-bond acceptors (Lipinski definition) is 2. The van der Waals surface area contributed by atoms with Crippen LogP contribution in [-0.4, -0.2) is 35.1 Å². The lowest BCUT2D eigenvalue weighted by Crippen LogP contribution is -2.21. The van der Waals surface area contributed by atoms with Crippen molar-refractivity contribution in [1.82, 2.24) is 15.1 Å². The summed E-state index contributed by atoms with van der Waals surface area (Å²) in [7, 11) is 3.52. The lowest BCUT2D eigenvalue weighted by atomic mass is 10.00. The minimum Gasteiger partial charge on any atom is -0.345 e. The number of benzene rings is 2. The molecule has 0 aliphatic heterocycles. The molecule has 4 heteroatoms. The number of hydrogen-bond donors (Lipinski definition) is 1. The van der Waals surface area contributed by atoms with Crippen LogP contribution in [-0.2, 0) is 0 Å². The monoisotopic (exact) mass is 291 g/mol. The van der Waals surface area contributed by atoms with Gasteiger partial charge in [0.2, 0.25) is 0 Å². The van der Waals surface area contributed by atoms with Gasteiger partial charge in [-0.2, -0.15) is 5.10 Å². The highest BCUT2D eigenvalue weighted by atomic mass is 16.2. The molecule has 1 N–H and O–H groups in total. The lowest BCUT2D eigenvalue weighted by molar-refractivity contribution is 0.0827. The molecule has 3 aromatic rings. The summed E-state index contributed by atoms with van der Waals surface area (Å²) >= 11 is 0. The number of carbonyl (C=O) groups excluding carboxylic acids is 1. The van der Waals surface area contributed by atoms with Crippen molar-refractivity contribution in [3.8, 4) is 22.4 Å². The van der Waals surface area contributed by atoms with Gasteiger partial charge in [0, 0.05) is 31.4 Å². The van der Waals surface area contributed by atoms with Crippen LogP contribution in [0.15, 0.2) is 60.8 Å². The number of aromatic amines is 1. The highest BCUT2D eigenvalue weighted by Gasteiger charge is 2.09. The van der Waals surface area contributed by atoms with Crippen molar-refractivity contribution in [2.75, 3.05) is 14.1 Å². The Morgan fingerprint density at radius 1 is 0.955 bits per heavy atom. The van der Waals surface area contributed by atoms with Crippen LogP contribution in [0.1, 0.15) is 10.4 Å². The van der Waals surface area contributed by atoms with Gasteiger partial charge in [-0.15, -0.1) is 0 Å². The molecule has 22 heavy (non-hydrogen) atoms. The average Bonchev–Trinajstić information content (AvgIpc) is 3.09. The summed E-state index contributed by atoms with van der Waals surface area (Å²) < 4.78 is 0. The number of nitrogens with zero attached hydrogens (tertiary/aromatic N) is 2. The third-order valence-electron chi connectivity index (χ3n) is 3.52. The zero-order valence-corrected chi connectivity index (χ0v) is 12.6. The summed E-state index contributed by atoms with van der Waals surface area (Å²) in [5.41, 5.74) is 4.82. The van der Waals surface area contributed by atoms with Gasteiger partial charge in [-0.05, 0) is 35.4 Å². The molecule has 1 heterocycles. The Labute approximate surface area is 129 Å². The van der Waals surface area contributed by atoms with Crippen LogP contribution in [0.3, 0.4) is 0 Å². The minimum absolute atomic E-state index is 0.00609. The molecule has 0 saturated heterocycles. The molecule has 0 spiro atoms. The second kappa shape index (κ2) is 5.85. The van der Waals surface area contributed by atoms with Gasteiger partial charge in [0.15, 0.2) is 0 Å². The Morgan fingerprint density at radius 2 is 1.64 bits per heavy atom. The summed E-state index contributed by atoms with van der Waals surface area (Å²) in [4.78, 5) is 13.7. The molecular formula is C18H17N3O. The van der Waals surface area contributed by atoms with Gasteiger partial charge < -0.3 is 4.90 Å². The molecule has 0 aliphatic carbocycles. The zero-order valence-electron chi connectivity index (χ0n) is 12.6. The second-order valence-electron chi connectivity index (χ2n) is 5.33. The van der Waals surface area contributed by atoms with Gasteiger partial charge in [0.1, 0.15) is 0 Å². The van der Waals surface area contributed by atoms with E-state index in [1.165, 1.54) is 0 Å². The second-order valence-corrected chi connectivity index (χ2v) is 5.33. The van der Waals surface area contributed by atoms with Crippen LogP contribution in [0.2, 0.25) is 0 Å². The van der Waals surface area contributed by atoms with Gasteiger partial charge in [0.25, 0.3) is 5.91 Å². The maximum absolute atomic E-state index is 12.1. The summed E-state index contributed by atoms with van der Waals surface area (Å²) in [6, 6.07) is 17.8. The number of rotatable bonds is 3. The van der Waals surface area contributed by atoms with Gasteiger partial charge in [-0.3, -0.25) is 9.89 Å². The van der Waals surface area contributed by atoms with Crippen molar-refractivity contribution in [1.29, 1.82) is 0 Å². The SMILES string of the molecule is CN(C)C(=O)c1cccc(-c2cccc(-c3ccn[nH]3)c2)c1. The van der Waals surface area contributed by atoms with E-state index in [1.807, 2.05) is 48.5 Å².